The molecule has 16 rings (SSSR count). The summed E-state index contributed by atoms with van der Waals surface area (Å²) in [7, 11) is 0. The van der Waals surface area contributed by atoms with Crippen molar-refractivity contribution in [1.82, 2.24) is 39.2 Å². The minimum Gasteiger partial charge on any atom is -0.337 e. The van der Waals surface area contributed by atoms with E-state index in [4.69, 9.17) is 0 Å². The molecule has 0 unspecified atom stereocenters. The number of carbonyl (C=O) groups is 4. The van der Waals surface area contributed by atoms with Crippen LogP contribution in [0.5, 0.6) is 0 Å². The normalized spacial score (nSPS) is 25.6. The fraction of sp³-hybridized carbons (Fsp3) is 0.458. The highest BCUT2D eigenvalue weighted by atomic mass is 19.2. The Balaban J connectivity index is 0.000000135. The molecule has 8 aromatic rings. The van der Waals surface area contributed by atoms with Gasteiger partial charge in [-0.15, -0.1) is 0 Å². The maximum atomic E-state index is 15.0. The van der Waals surface area contributed by atoms with Crippen LogP contribution >= 0.6 is 0 Å². The average molecular weight is 1590 g/mol. The van der Waals surface area contributed by atoms with Gasteiger partial charge in [0.05, 0.1) is 24.2 Å². The molecule has 0 aliphatic carbocycles. The predicted octanol–water partition coefficient (Wildman–Crippen LogP) is 17.5. The second-order valence-corrected chi connectivity index (χ2v) is 33.9. The Morgan fingerprint density at radius 1 is 0.259 bits per heavy atom. The molecule has 12 atom stereocenters. The summed E-state index contributed by atoms with van der Waals surface area (Å²) in [5, 5.41) is 0. The van der Waals surface area contributed by atoms with E-state index in [9.17, 15) is 54.3 Å². The Morgan fingerprint density at radius 2 is 0.448 bits per heavy atom. The lowest BCUT2D eigenvalue weighted by atomic mass is 9.87. The lowest BCUT2D eigenvalue weighted by Crippen LogP contribution is -2.49. The van der Waals surface area contributed by atoms with E-state index >= 15 is 0 Å². The van der Waals surface area contributed by atoms with Gasteiger partial charge in [0.15, 0.2) is 0 Å². The first-order valence-corrected chi connectivity index (χ1v) is 41.6. The van der Waals surface area contributed by atoms with Crippen LogP contribution in [-0.4, -0.2) is 190 Å². The van der Waals surface area contributed by atoms with E-state index < -0.39 is 24.7 Å². The summed E-state index contributed by atoms with van der Waals surface area (Å²) in [6.07, 6.45) is 1.80. The van der Waals surface area contributed by atoms with Crippen LogP contribution in [0, 0.1) is 78.7 Å². The van der Waals surface area contributed by atoms with Gasteiger partial charge in [0, 0.05) is 102 Å². The molecule has 116 heavy (non-hydrogen) atoms. The van der Waals surface area contributed by atoms with Gasteiger partial charge >= 0.3 is 0 Å². The molecular weight excluding hydrogens is 1480 g/mol. The van der Waals surface area contributed by atoms with Gasteiger partial charge in [-0.05, 0) is 224 Å². The van der Waals surface area contributed by atoms with Gasteiger partial charge in [0.2, 0.25) is 23.6 Å². The molecule has 0 bridgehead atoms. The average Bonchev–Trinajstić information content (AvgIpc) is 1.65. The van der Waals surface area contributed by atoms with Gasteiger partial charge in [0.1, 0.15) is 48.0 Å². The number of piperidine rings is 4. The summed E-state index contributed by atoms with van der Waals surface area (Å²) in [4.78, 5) is 66.8. The van der Waals surface area contributed by atoms with Crippen LogP contribution in [0.4, 0.5) is 35.1 Å². The van der Waals surface area contributed by atoms with Crippen LogP contribution < -0.4 is 0 Å². The van der Waals surface area contributed by atoms with Crippen LogP contribution in [0.15, 0.2) is 170 Å². The molecule has 8 aliphatic heterocycles. The van der Waals surface area contributed by atoms with Crippen LogP contribution in [0.2, 0.25) is 0 Å². The highest BCUT2D eigenvalue weighted by molar-refractivity contribution is 5.86. The second kappa shape index (κ2) is 38.1. The maximum Gasteiger partial charge on any atom is 0.240 e. The summed E-state index contributed by atoms with van der Waals surface area (Å²) < 4.78 is 115. The Morgan fingerprint density at radius 3 is 0.621 bits per heavy atom. The van der Waals surface area contributed by atoms with Crippen molar-refractivity contribution in [3.8, 4) is 0 Å². The van der Waals surface area contributed by atoms with E-state index in [0.717, 1.165) is 96.4 Å². The zero-order valence-corrected chi connectivity index (χ0v) is 68.3. The SMILES string of the molecule is Cc1ccc([C@@H]2CCN([C@@H]3CCN(Cc4ccc(C)c(F)c4)C3=O)C[C@H]2F)cc1.Cc1ccc([C@@H]2CCN([C@H]3CCN(Cc4ccc(C)c(F)c4)C3=O)C[C@H]2F)cc1.Cc1ccc([C@H]2CCN([C@@H]3CCN(Cc4ccc(C)c(F)c4)C3=O)C[C@@H]2F)cc1.Cc1ccc([C@H]2CCN([C@H]3CCN(Cc4ccc(C)c(F)c4)C3=O)C[C@@H]2F)cc1. The van der Waals surface area contributed by atoms with E-state index in [-0.39, 0.29) is 94.7 Å². The zero-order valence-electron chi connectivity index (χ0n) is 68.3. The minimum atomic E-state index is -0.973. The van der Waals surface area contributed by atoms with Crippen LogP contribution in [0.1, 0.15) is 164 Å². The van der Waals surface area contributed by atoms with Gasteiger partial charge in [-0.25, -0.2) is 35.1 Å². The number of aryl methyl sites for hydroxylation is 8. The quantitative estimate of drug-likeness (QED) is 0.0883. The fourth-order valence-electron chi connectivity index (χ4n) is 18.3. The third kappa shape index (κ3) is 20.5. The van der Waals surface area contributed by atoms with Crippen molar-refractivity contribution in [1.29, 1.82) is 0 Å². The number of amides is 4. The van der Waals surface area contributed by atoms with Crippen LogP contribution in [-0.2, 0) is 45.4 Å². The molecule has 0 saturated carbocycles. The fourth-order valence-corrected chi connectivity index (χ4v) is 18.3. The van der Waals surface area contributed by atoms with Gasteiger partial charge < -0.3 is 19.6 Å². The monoisotopic (exact) mass is 1590 g/mol. The topological polar surface area (TPSA) is 94.2 Å². The summed E-state index contributed by atoms with van der Waals surface area (Å²) >= 11 is 0. The number of halogens is 8. The van der Waals surface area contributed by atoms with E-state index in [1.54, 1.807) is 71.6 Å². The number of hydrogen-bond donors (Lipinski definition) is 0. The largest absolute Gasteiger partial charge is 0.337 e. The molecule has 8 aromatic carbocycles. The Hall–Kier alpha value is -9.08. The molecule has 8 saturated heterocycles. The first-order chi connectivity index (χ1) is 55.7. The van der Waals surface area contributed by atoms with E-state index in [1.165, 1.54) is 46.5 Å². The molecule has 0 N–H and O–H groups in total. The summed E-state index contributed by atoms with van der Waals surface area (Å²) in [6.45, 7) is 23.3. The summed E-state index contributed by atoms with van der Waals surface area (Å²) in [5.41, 5.74) is 14.5. The lowest BCUT2D eigenvalue weighted by molar-refractivity contribution is -0.134. The number of carbonyl (C=O) groups excluding carboxylic acids is 4. The number of alkyl halides is 4. The molecular formula is C96H112F8N8O4. The third-order valence-electron chi connectivity index (χ3n) is 25.6. The summed E-state index contributed by atoms with van der Waals surface area (Å²) in [6, 6.07) is 51.8. The van der Waals surface area contributed by atoms with Crippen molar-refractivity contribution in [3.05, 3.63) is 282 Å². The lowest BCUT2D eigenvalue weighted by Gasteiger charge is -2.37. The van der Waals surface area contributed by atoms with Crippen LogP contribution in [0.25, 0.3) is 0 Å². The molecule has 20 heteroatoms. The molecule has 12 nitrogen and oxygen atoms in total. The van der Waals surface area contributed by atoms with Crippen molar-refractivity contribution in [2.75, 3.05) is 78.5 Å². The van der Waals surface area contributed by atoms with Gasteiger partial charge in [-0.2, -0.15) is 0 Å². The Kier molecular flexibility index (Phi) is 27.9. The van der Waals surface area contributed by atoms with Crippen molar-refractivity contribution in [2.45, 2.75) is 205 Å². The smallest absolute Gasteiger partial charge is 0.240 e. The molecule has 8 aliphatic rings. The second-order valence-electron chi connectivity index (χ2n) is 33.9. The van der Waals surface area contributed by atoms with E-state index in [0.29, 0.717) is 126 Å². The first-order valence-electron chi connectivity index (χ1n) is 41.6. The molecule has 0 radical (unpaired) electrons. The van der Waals surface area contributed by atoms with E-state index in [1.807, 2.05) is 169 Å². The molecule has 0 aromatic heterocycles. The number of rotatable bonds is 16. The number of benzene rings is 8. The van der Waals surface area contributed by atoms with Gasteiger partial charge in [-0.3, -0.25) is 38.8 Å². The Labute approximate surface area is 679 Å². The molecule has 8 fully saturated rings. The molecule has 8 heterocycles. The Bertz CT molecular complexity index is 4120. The minimum absolute atomic E-state index is 0.0342. The highest BCUT2D eigenvalue weighted by Crippen LogP contribution is 2.39. The van der Waals surface area contributed by atoms with Crippen molar-refractivity contribution in [3.63, 3.8) is 0 Å². The van der Waals surface area contributed by atoms with E-state index in [2.05, 4.69) is 0 Å². The maximum absolute atomic E-state index is 15.0. The zero-order chi connectivity index (χ0) is 82.2. The summed E-state index contributed by atoms with van der Waals surface area (Å²) in [5.74, 6) is -1.26. The van der Waals surface area contributed by atoms with Crippen molar-refractivity contribution >= 4 is 23.6 Å². The van der Waals surface area contributed by atoms with Gasteiger partial charge in [-0.1, -0.05) is 168 Å². The van der Waals surface area contributed by atoms with Crippen molar-refractivity contribution < 1.29 is 54.3 Å². The number of nitrogens with zero attached hydrogens (tertiary/aromatic N) is 8. The van der Waals surface area contributed by atoms with Gasteiger partial charge in [0.25, 0.3) is 0 Å². The van der Waals surface area contributed by atoms with Crippen molar-refractivity contribution in [2.24, 2.45) is 0 Å². The molecule has 616 valence electrons. The third-order valence-corrected chi connectivity index (χ3v) is 25.6. The number of hydrogen-bond acceptors (Lipinski definition) is 8. The van der Waals surface area contributed by atoms with Crippen LogP contribution in [0.3, 0.4) is 0 Å². The predicted molar refractivity (Wildman–Crippen MR) is 440 cm³/mol. The molecule has 4 amide bonds. The number of likely N-dealkylation sites (tertiary alicyclic amines) is 8. The molecule has 0 spiro atoms. The highest BCUT2D eigenvalue weighted by Gasteiger charge is 2.45. The standard InChI is InChI=1S/4C24H28F2N2O/c4*1-16-3-7-19(8-4-16)20-9-11-27(15-22(20)26)23-10-12-28(24(23)29)14-18-6-5-17(2)21(25)13-18/h4*3-8,13,20,22-23H,9-12,14-15H2,1-2H3/t2*20-,22+,23+;2*20-,22+,23-/m1010/s1. The first kappa shape index (κ1) is 84.8.